The monoisotopic (exact) mass is 410 g/mol. The Bertz CT molecular complexity index is 1060. The highest BCUT2D eigenvalue weighted by Gasteiger charge is 2.32. The minimum atomic E-state index is -4.00. The molecule has 0 spiro atoms. The first-order valence-electron chi connectivity index (χ1n) is 7.59. The Hall–Kier alpha value is -2.16. The number of hydrazone groups is 1. The number of nitrogens with zero attached hydrogens (tertiary/aromatic N) is 1. The van der Waals surface area contributed by atoms with Crippen molar-refractivity contribution >= 4 is 36.3 Å². The number of hydrogen-bond acceptors (Lipinski definition) is 6. The largest absolute Gasteiger partial charge is 0.308 e. The predicted molar refractivity (Wildman–Crippen MR) is 101 cm³/mol. The van der Waals surface area contributed by atoms with Crippen LogP contribution in [0.25, 0.3) is 0 Å². The van der Waals surface area contributed by atoms with E-state index in [4.69, 9.17) is 11.6 Å². The van der Waals surface area contributed by atoms with E-state index < -0.39 is 25.6 Å². The van der Waals surface area contributed by atoms with Crippen LogP contribution in [-0.4, -0.2) is 28.4 Å². The Morgan fingerprint density at radius 2 is 1.54 bits per heavy atom. The molecule has 1 heterocycles. The van der Waals surface area contributed by atoms with Crippen molar-refractivity contribution in [3.63, 3.8) is 0 Å². The molecule has 0 bridgehead atoms. The molecular weight excluding hydrogens is 396 g/mol. The molecular formula is C17H15ClN2O4S2. The van der Waals surface area contributed by atoms with E-state index in [0.29, 0.717) is 22.4 Å². The van der Waals surface area contributed by atoms with Crippen LogP contribution < -0.4 is 5.43 Å². The smallest absolute Gasteiger partial charge is 0.216 e. The van der Waals surface area contributed by atoms with Gasteiger partial charge in [0.05, 0.1) is 10.8 Å². The molecule has 2 aromatic carbocycles. The maximum absolute atomic E-state index is 12.6. The molecule has 1 atom stereocenters. The van der Waals surface area contributed by atoms with E-state index in [-0.39, 0.29) is 9.94 Å². The standard InChI is InChI=1S/C17H15ClN2O4S2/c18-14-6-8-15(9-7-14)25(21,22)10-11-26(23,24)17-16(12-19-20-17)13-4-2-1-3-5-13/h1-11,16,19H,12H2/b11-10+. The molecule has 1 unspecified atom stereocenters. The Kier molecular flexibility index (Phi) is 5.17. The molecule has 6 nitrogen and oxygen atoms in total. The molecule has 0 saturated carbocycles. The topological polar surface area (TPSA) is 92.7 Å². The quantitative estimate of drug-likeness (QED) is 0.836. The Labute approximate surface area is 157 Å². The minimum Gasteiger partial charge on any atom is -0.308 e. The van der Waals surface area contributed by atoms with Crippen LogP contribution in [0, 0.1) is 0 Å². The van der Waals surface area contributed by atoms with Gasteiger partial charge in [-0.3, -0.25) is 0 Å². The number of benzene rings is 2. The molecule has 26 heavy (non-hydrogen) atoms. The lowest BCUT2D eigenvalue weighted by molar-refractivity contribution is 0.603. The second kappa shape index (κ2) is 7.22. The van der Waals surface area contributed by atoms with Gasteiger partial charge in [0.25, 0.3) is 0 Å². The summed E-state index contributed by atoms with van der Waals surface area (Å²) in [6.45, 7) is 0.330. The van der Waals surface area contributed by atoms with E-state index >= 15 is 0 Å². The molecule has 0 amide bonds. The van der Waals surface area contributed by atoms with Crippen molar-refractivity contribution in [1.29, 1.82) is 0 Å². The SMILES string of the molecule is O=S(=O)(/C=C/S(=O)(=O)c1ccc(Cl)cc1)C1=NNCC1c1ccccc1. The normalized spacial score (nSPS) is 17.9. The molecule has 0 fully saturated rings. The zero-order chi connectivity index (χ0) is 18.8. The van der Waals surface area contributed by atoms with Crippen LogP contribution in [0.1, 0.15) is 11.5 Å². The summed E-state index contributed by atoms with van der Waals surface area (Å²) in [5.74, 6) is -0.468. The number of rotatable bonds is 4. The van der Waals surface area contributed by atoms with Gasteiger partial charge in [-0.2, -0.15) is 5.10 Å². The van der Waals surface area contributed by atoms with Gasteiger partial charge in [-0.05, 0) is 29.8 Å². The summed E-state index contributed by atoms with van der Waals surface area (Å²) in [5.41, 5.74) is 3.46. The summed E-state index contributed by atoms with van der Waals surface area (Å²) in [7, 11) is -7.92. The van der Waals surface area contributed by atoms with Gasteiger partial charge in [0.15, 0.2) is 5.04 Å². The van der Waals surface area contributed by atoms with Crippen molar-refractivity contribution in [3.05, 3.63) is 76.0 Å². The second-order valence-electron chi connectivity index (χ2n) is 5.59. The summed E-state index contributed by atoms with van der Waals surface area (Å²) < 4.78 is 49.8. The van der Waals surface area contributed by atoms with E-state index in [1.54, 1.807) is 24.3 Å². The number of nitrogens with one attached hydrogen (secondary N) is 1. The van der Waals surface area contributed by atoms with E-state index in [2.05, 4.69) is 10.5 Å². The third-order valence-electron chi connectivity index (χ3n) is 3.83. The van der Waals surface area contributed by atoms with Gasteiger partial charge >= 0.3 is 0 Å². The van der Waals surface area contributed by atoms with Crippen LogP contribution in [0.2, 0.25) is 5.02 Å². The van der Waals surface area contributed by atoms with Crippen LogP contribution in [-0.2, 0) is 19.7 Å². The molecule has 3 rings (SSSR count). The number of sulfone groups is 2. The first kappa shape index (κ1) is 18.6. The lowest BCUT2D eigenvalue weighted by Crippen LogP contribution is -2.20. The fraction of sp³-hybridized carbons (Fsp3) is 0.118. The van der Waals surface area contributed by atoms with E-state index in [1.165, 1.54) is 24.3 Å². The van der Waals surface area contributed by atoms with Gasteiger partial charge in [-0.15, -0.1) is 0 Å². The highest BCUT2D eigenvalue weighted by Crippen LogP contribution is 2.24. The highest BCUT2D eigenvalue weighted by atomic mass is 35.5. The first-order chi connectivity index (χ1) is 12.3. The average Bonchev–Trinajstić information content (AvgIpc) is 3.12. The Balaban J connectivity index is 1.88. The van der Waals surface area contributed by atoms with E-state index in [1.807, 2.05) is 6.07 Å². The van der Waals surface area contributed by atoms with Crippen LogP contribution in [0.3, 0.4) is 0 Å². The summed E-state index contributed by atoms with van der Waals surface area (Å²) in [4.78, 5) is -0.0422. The summed E-state index contributed by atoms with van der Waals surface area (Å²) in [6.07, 6.45) is 0. The number of hydrogen-bond donors (Lipinski definition) is 1. The molecule has 0 aliphatic carbocycles. The van der Waals surface area contributed by atoms with Gasteiger partial charge in [-0.25, -0.2) is 16.8 Å². The van der Waals surface area contributed by atoms with Crippen molar-refractivity contribution in [2.24, 2.45) is 5.10 Å². The van der Waals surface area contributed by atoms with Crippen molar-refractivity contribution in [2.75, 3.05) is 6.54 Å². The first-order valence-corrected chi connectivity index (χ1v) is 11.1. The van der Waals surface area contributed by atoms with Gasteiger partial charge in [-0.1, -0.05) is 41.9 Å². The number of halogens is 1. The molecule has 1 aliphatic heterocycles. The maximum atomic E-state index is 12.6. The van der Waals surface area contributed by atoms with Crippen molar-refractivity contribution < 1.29 is 16.8 Å². The molecule has 1 N–H and O–H groups in total. The average molecular weight is 411 g/mol. The molecule has 1 aliphatic rings. The third kappa shape index (κ3) is 3.98. The fourth-order valence-corrected chi connectivity index (χ4v) is 5.42. The van der Waals surface area contributed by atoms with Gasteiger partial charge in [0, 0.05) is 22.4 Å². The molecule has 0 aromatic heterocycles. The summed E-state index contributed by atoms with van der Waals surface area (Å²) in [5, 5.41) is 5.50. The zero-order valence-corrected chi connectivity index (χ0v) is 15.8. The Morgan fingerprint density at radius 1 is 0.923 bits per heavy atom. The Morgan fingerprint density at radius 3 is 2.19 bits per heavy atom. The van der Waals surface area contributed by atoms with Gasteiger partial charge in [0.1, 0.15) is 0 Å². The van der Waals surface area contributed by atoms with Crippen LogP contribution in [0.15, 0.2) is 75.4 Å². The molecule has 2 aromatic rings. The predicted octanol–water partition coefficient (Wildman–Crippen LogP) is 2.70. The molecule has 0 saturated heterocycles. The van der Waals surface area contributed by atoms with Crippen LogP contribution in [0.5, 0.6) is 0 Å². The molecule has 0 radical (unpaired) electrons. The lowest BCUT2D eigenvalue weighted by atomic mass is 10.0. The van der Waals surface area contributed by atoms with Crippen molar-refractivity contribution in [1.82, 2.24) is 5.43 Å². The fourth-order valence-electron chi connectivity index (χ4n) is 2.51. The lowest BCUT2D eigenvalue weighted by Gasteiger charge is -2.10. The van der Waals surface area contributed by atoms with Crippen LogP contribution >= 0.6 is 11.6 Å². The van der Waals surface area contributed by atoms with E-state index in [0.717, 1.165) is 5.56 Å². The summed E-state index contributed by atoms with van der Waals surface area (Å²) in [6, 6.07) is 14.5. The van der Waals surface area contributed by atoms with E-state index in [9.17, 15) is 16.8 Å². The van der Waals surface area contributed by atoms with Crippen molar-refractivity contribution in [2.45, 2.75) is 10.8 Å². The maximum Gasteiger partial charge on any atom is 0.216 e. The van der Waals surface area contributed by atoms with Crippen LogP contribution in [0.4, 0.5) is 0 Å². The molecule has 9 heteroatoms. The molecule has 136 valence electrons. The third-order valence-corrected chi connectivity index (χ3v) is 7.13. The van der Waals surface area contributed by atoms with Crippen molar-refractivity contribution in [3.8, 4) is 0 Å². The van der Waals surface area contributed by atoms with Gasteiger partial charge in [0.2, 0.25) is 19.7 Å². The highest BCUT2D eigenvalue weighted by molar-refractivity contribution is 8.09. The minimum absolute atomic E-state index is 0.0422. The summed E-state index contributed by atoms with van der Waals surface area (Å²) >= 11 is 5.74. The van der Waals surface area contributed by atoms with Gasteiger partial charge < -0.3 is 5.43 Å². The zero-order valence-electron chi connectivity index (χ0n) is 13.4. The second-order valence-corrected chi connectivity index (χ2v) is 9.64.